The van der Waals surface area contributed by atoms with Gasteiger partial charge in [0.05, 0.1) is 6.10 Å². The van der Waals surface area contributed by atoms with Crippen molar-refractivity contribution in [2.24, 2.45) is 0 Å². The van der Waals surface area contributed by atoms with Crippen molar-refractivity contribution in [1.82, 2.24) is 5.32 Å². The van der Waals surface area contributed by atoms with Gasteiger partial charge in [-0.1, -0.05) is 6.92 Å². The summed E-state index contributed by atoms with van der Waals surface area (Å²) in [6.45, 7) is 4.26. The summed E-state index contributed by atoms with van der Waals surface area (Å²) in [4.78, 5) is 0. The molecule has 1 aliphatic heterocycles. The van der Waals surface area contributed by atoms with Crippen LogP contribution in [0.25, 0.3) is 0 Å². The summed E-state index contributed by atoms with van der Waals surface area (Å²) in [7, 11) is 0. The van der Waals surface area contributed by atoms with Gasteiger partial charge in [-0.2, -0.15) is 0 Å². The molecule has 1 N–H and O–H groups in total. The van der Waals surface area contributed by atoms with Crippen LogP contribution in [0.4, 0.5) is 0 Å². The van der Waals surface area contributed by atoms with E-state index in [1.54, 1.807) is 0 Å². The third-order valence-corrected chi connectivity index (χ3v) is 3.18. The van der Waals surface area contributed by atoms with E-state index >= 15 is 0 Å². The Hall–Kier alpha value is -0.520. The van der Waals surface area contributed by atoms with Crippen molar-refractivity contribution in [3.63, 3.8) is 0 Å². The average molecular weight is 223 g/mol. The van der Waals surface area contributed by atoms with Gasteiger partial charge in [0.2, 0.25) is 0 Å². The smallest absolute Gasteiger partial charge is 0.0576 e. The highest BCUT2D eigenvalue weighted by Crippen LogP contribution is 2.18. The van der Waals surface area contributed by atoms with Crippen LogP contribution in [-0.2, 0) is 4.74 Å². The predicted octanol–water partition coefficient (Wildman–Crippen LogP) is 2.73. The molecule has 1 heterocycles. The van der Waals surface area contributed by atoms with Crippen LogP contribution in [0.2, 0.25) is 0 Å². The molecule has 0 aromatic heterocycles. The van der Waals surface area contributed by atoms with E-state index in [0.717, 1.165) is 26.0 Å². The maximum Gasteiger partial charge on any atom is 0.0576 e. The fourth-order valence-electron chi connectivity index (χ4n) is 2.21. The Morgan fingerprint density at radius 2 is 2.38 bits per heavy atom. The second kappa shape index (κ2) is 8.61. The molecule has 0 aliphatic carbocycles. The van der Waals surface area contributed by atoms with Crippen molar-refractivity contribution in [3.05, 3.63) is 0 Å². The number of hydrogen-bond acceptors (Lipinski definition) is 2. The van der Waals surface area contributed by atoms with Gasteiger partial charge in [0.15, 0.2) is 0 Å². The van der Waals surface area contributed by atoms with Crippen LogP contribution in [0.15, 0.2) is 0 Å². The monoisotopic (exact) mass is 223 g/mol. The predicted molar refractivity (Wildman–Crippen MR) is 68.4 cm³/mol. The Morgan fingerprint density at radius 3 is 3.00 bits per heavy atom. The number of rotatable bonds is 8. The first-order valence-corrected chi connectivity index (χ1v) is 6.65. The lowest BCUT2D eigenvalue weighted by molar-refractivity contribution is 0.0993. The van der Waals surface area contributed by atoms with Crippen LogP contribution in [0.3, 0.4) is 0 Å². The van der Waals surface area contributed by atoms with Crippen molar-refractivity contribution >= 4 is 0 Å². The fourth-order valence-corrected chi connectivity index (χ4v) is 2.21. The van der Waals surface area contributed by atoms with Crippen LogP contribution in [0, 0.1) is 12.3 Å². The molecule has 1 saturated heterocycles. The topological polar surface area (TPSA) is 21.3 Å². The van der Waals surface area contributed by atoms with Crippen molar-refractivity contribution in [1.29, 1.82) is 0 Å². The van der Waals surface area contributed by atoms with E-state index in [4.69, 9.17) is 11.2 Å². The zero-order chi connectivity index (χ0) is 11.6. The van der Waals surface area contributed by atoms with Gasteiger partial charge < -0.3 is 10.1 Å². The van der Waals surface area contributed by atoms with Gasteiger partial charge in [-0.05, 0) is 45.1 Å². The SMILES string of the molecule is C#CCCC(CCC1CCCO1)NCCC. The third kappa shape index (κ3) is 5.53. The van der Waals surface area contributed by atoms with E-state index in [2.05, 4.69) is 18.2 Å². The van der Waals surface area contributed by atoms with Crippen LogP contribution >= 0.6 is 0 Å². The molecule has 2 heteroatoms. The first kappa shape index (κ1) is 13.5. The van der Waals surface area contributed by atoms with E-state index in [-0.39, 0.29) is 0 Å². The van der Waals surface area contributed by atoms with E-state index < -0.39 is 0 Å². The minimum atomic E-state index is 0.511. The van der Waals surface area contributed by atoms with Crippen LogP contribution in [0.1, 0.15) is 51.9 Å². The van der Waals surface area contributed by atoms with Crippen molar-refractivity contribution in [3.8, 4) is 12.3 Å². The minimum absolute atomic E-state index is 0.511. The number of ether oxygens (including phenoxy) is 1. The molecule has 1 fully saturated rings. The summed E-state index contributed by atoms with van der Waals surface area (Å²) in [5.41, 5.74) is 0. The first-order chi connectivity index (χ1) is 7.86. The largest absolute Gasteiger partial charge is 0.378 e. The maximum absolute atomic E-state index is 5.64. The van der Waals surface area contributed by atoms with Crippen molar-refractivity contribution in [2.45, 2.75) is 64.0 Å². The summed E-state index contributed by atoms with van der Waals surface area (Å²) >= 11 is 0. The van der Waals surface area contributed by atoms with E-state index in [1.807, 2.05) is 0 Å². The van der Waals surface area contributed by atoms with Crippen LogP contribution in [0.5, 0.6) is 0 Å². The Kier molecular flexibility index (Phi) is 7.29. The van der Waals surface area contributed by atoms with Gasteiger partial charge >= 0.3 is 0 Å². The molecule has 1 aliphatic rings. The second-order valence-corrected chi connectivity index (χ2v) is 4.61. The van der Waals surface area contributed by atoms with Gasteiger partial charge in [0, 0.05) is 19.1 Å². The normalized spacial score (nSPS) is 21.9. The summed E-state index contributed by atoms with van der Waals surface area (Å²) in [5, 5.41) is 3.58. The van der Waals surface area contributed by atoms with Crippen LogP contribution < -0.4 is 5.32 Å². The van der Waals surface area contributed by atoms with Gasteiger partial charge in [-0.25, -0.2) is 0 Å². The van der Waals surface area contributed by atoms with Gasteiger partial charge in [0.1, 0.15) is 0 Å². The Labute approximate surface area is 100 Å². The number of nitrogens with one attached hydrogen (secondary N) is 1. The molecule has 0 amide bonds. The molecule has 16 heavy (non-hydrogen) atoms. The molecular formula is C14H25NO. The summed E-state index contributed by atoms with van der Waals surface area (Å²) in [6, 6.07) is 0.584. The molecule has 0 aromatic carbocycles. The summed E-state index contributed by atoms with van der Waals surface area (Å²) in [6.07, 6.45) is 13.9. The quantitative estimate of drug-likeness (QED) is 0.639. The van der Waals surface area contributed by atoms with Gasteiger partial charge in [0.25, 0.3) is 0 Å². The molecule has 0 radical (unpaired) electrons. The lowest BCUT2D eigenvalue weighted by Gasteiger charge is -2.19. The molecule has 92 valence electrons. The number of hydrogen-bond donors (Lipinski definition) is 1. The standard InChI is InChI=1S/C14H25NO/c1-3-5-7-13(15-11-4-2)9-10-14-8-6-12-16-14/h1,13-15H,4-12H2,2H3. The highest BCUT2D eigenvalue weighted by molar-refractivity contribution is 4.86. The fraction of sp³-hybridized carbons (Fsp3) is 0.857. The van der Waals surface area contributed by atoms with Crippen molar-refractivity contribution in [2.75, 3.05) is 13.2 Å². The average Bonchev–Trinajstić information content (AvgIpc) is 2.81. The zero-order valence-corrected chi connectivity index (χ0v) is 10.5. The molecule has 0 bridgehead atoms. The summed E-state index contributed by atoms with van der Waals surface area (Å²) < 4.78 is 5.64. The molecule has 2 unspecified atom stereocenters. The molecule has 2 atom stereocenters. The molecule has 1 rings (SSSR count). The molecular weight excluding hydrogens is 198 g/mol. The van der Waals surface area contributed by atoms with Gasteiger partial charge in [-0.15, -0.1) is 12.3 Å². The van der Waals surface area contributed by atoms with E-state index in [9.17, 15) is 0 Å². The zero-order valence-electron chi connectivity index (χ0n) is 10.5. The summed E-state index contributed by atoms with van der Waals surface area (Å²) in [5.74, 6) is 2.73. The Bertz CT molecular complexity index is 203. The molecule has 0 spiro atoms. The lowest BCUT2D eigenvalue weighted by Crippen LogP contribution is -2.30. The molecule has 0 saturated carbocycles. The number of terminal acetylenes is 1. The molecule has 0 aromatic rings. The third-order valence-electron chi connectivity index (χ3n) is 3.18. The lowest BCUT2D eigenvalue weighted by atomic mass is 10.0. The second-order valence-electron chi connectivity index (χ2n) is 4.61. The Balaban J connectivity index is 2.16. The van der Waals surface area contributed by atoms with E-state index in [1.165, 1.54) is 32.1 Å². The Morgan fingerprint density at radius 1 is 1.50 bits per heavy atom. The van der Waals surface area contributed by atoms with Crippen LogP contribution in [-0.4, -0.2) is 25.3 Å². The highest BCUT2D eigenvalue weighted by atomic mass is 16.5. The molecule has 2 nitrogen and oxygen atoms in total. The maximum atomic E-state index is 5.64. The minimum Gasteiger partial charge on any atom is -0.378 e. The van der Waals surface area contributed by atoms with Crippen molar-refractivity contribution < 1.29 is 4.74 Å². The van der Waals surface area contributed by atoms with Gasteiger partial charge in [-0.3, -0.25) is 0 Å². The highest BCUT2D eigenvalue weighted by Gasteiger charge is 2.17. The van der Waals surface area contributed by atoms with E-state index in [0.29, 0.717) is 12.1 Å². The first-order valence-electron chi connectivity index (χ1n) is 6.65.